The highest BCUT2D eigenvalue weighted by molar-refractivity contribution is 5.88. The van der Waals surface area contributed by atoms with Crippen LogP contribution in [-0.4, -0.2) is 42.0 Å². The molecule has 2 aromatic rings. The van der Waals surface area contributed by atoms with Gasteiger partial charge in [0.25, 0.3) is 0 Å². The van der Waals surface area contributed by atoms with Crippen molar-refractivity contribution < 1.29 is 9.63 Å². The predicted octanol–water partition coefficient (Wildman–Crippen LogP) is 3.57. The molecule has 5 heteroatoms. The van der Waals surface area contributed by atoms with E-state index in [1.54, 1.807) is 12.3 Å². The fourth-order valence-electron chi connectivity index (χ4n) is 3.63. The Morgan fingerprint density at radius 3 is 2.67 bits per heavy atom. The molecule has 1 amide bonds. The van der Waals surface area contributed by atoms with Crippen molar-refractivity contribution >= 4 is 11.7 Å². The molecule has 1 aromatic heterocycles. The monoisotopic (exact) mass is 367 g/mol. The van der Waals surface area contributed by atoms with Gasteiger partial charge >= 0.3 is 0 Å². The molecule has 0 bridgehead atoms. The fourth-order valence-corrected chi connectivity index (χ4v) is 3.63. The summed E-state index contributed by atoms with van der Waals surface area (Å²) in [6, 6.07) is 16.1. The number of rotatable bonds is 7. The second-order valence-electron chi connectivity index (χ2n) is 7.36. The lowest BCUT2D eigenvalue weighted by molar-refractivity contribution is -0.125. The Morgan fingerprint density at radius 2 is 2.00 bits per heavy atom. The van der Waals surface area contributed by atoms with Crippen molar-refractivity contribution in [2.24, 2.45) is 11.8 Å². The maximum absolute atomic E-state index is 11.9. The number of anilines is 1. The van der Waals surface area contributed by atoms with Crippen molar-refractivity contribution in [3.05, 3.63) is 60.3 Å². The minimum Gasteiger partial charge on any atom is -0.303 e. The molecule has 0 saturated carbocycles. The molecular formula is C22H29N3O2. The third-order valence-corrected chi connectivity index (χ3v) is 5.29. The van der Waals surface area contributed by atoms with Crippen LogP contribution in [0.3, 0.4) is 0 Å². The van der Waals surface area contributed by atoms with E-state index in [0.717, 1.165) is 32.5 Å². The van der Waals surface area contributed by atoms with Gasteiger partial charge in [-0.2, -0.15) is 5.06 Å². The Labute approximate surface area is 161 Å². The summed E-state index contributed by atoms with van der Waals surface area (Å²) in [4.78, 5) is 24.5. The Bertz CT molecular complexity index is 708. The van der Waals surface area contributed by atoms with E-state index in [2.05, 4.69) is 47.1 Å². The standard InChI is InChI=1S/C22H29N3O2/c1-18-16-24(14-11-20-8-4-3-5-9-20)15-12-21(18)17-27-25(19(2)26)22-10-6-7-13-23-22/h3-10,13,18,21H,11-12,14-17H2,1-2H3/t18-,21-/m1/s1. The summed E-state index contributed by atoms with van der Waals surface area (Å²) in [5, 5.41) is 1.31. The molecule has 5 nitrogen and oxygen atoms in total. The molecule has 1 fully saturated rings. The lowest BCUT2D eigenvalue weighted by Gasteiger charge is -2.37. The number of pyridine rings is 1. The molecule has 3 rings (SSSR count). The summed E-state index contributed by atoms with van der Waals surface area (Å²) in [7, 11) is 0. The zero-order chi connectivity index (χ0) is 19.1. The van der Waals surface area contributed by atoms with Crippen molar-refractivity contribution in [3.8, 4) is 0 Å². The number of carbonyl (C=O) groups excluding carboxylic acids is 1. The first-order chi connectivity index (χ1) is 13.1. The van der Waals surface area contributed by atoms with Crippen LogP contribution >= 0.6 is 0 Å². The van der Waals surface area contributed by atoms with Crippen LogP contribution in [0.15, 0.2) is 54.7 Å². The van der Waals surface area contributed by atoms with Crippen LogP contribution in [0.1, 0.15) is 25.8 Å². The van der Waals surface area contributed by atoms with E-state index in [1.165, 1.54) is 17.6 Å². The Morgan fingerprint density at radius 1 is 1.22 bits per heavy atom. The average molecular weight is 367 g/mol. The van der Waals surface area contributed by atoms with Gasteiger partial charge in [-0.1, -0.05) is 43.3 Å². The van der Waals surface area contributed by atoms with Gasteiger partial charge in [0.05, 0.1) is 6.61 Å². The van der Waals surface area contributed by atoms with Crippen molar-refractivity contribution in [2.45, 2.75) is 26.7 Å². The number of carbonyl (C=O) groups is 1. The summed E-state index contributed by atoms with van der Waals surface area (Å²) in [6.45, 7) is 7.57. The molecule has 2 heterocycles. The molecular weight excluding hydrogens is 338 g/mol. The van der Waals surface area contributed by atoms with Gasteiger partial charge < -0.3 is 4.90 Å². The van der Waals surface area contributed by atoms with E-state index >= 15 is 0 Å². The predicted molar refractivity (Wildman–Crippen MR) is 107 cm³/mol. The Balaban J connectivity index is 1.47. The molecule has 1 saturated heterocycles. The molecule has 1 aliphatic rings. The molecule has 0 aliphatic carbocycles. The molecule has 2 atom stereocenters. The highest BCUT2D eigenvalue weighted by Gasteiger charge is 2.27. The van der Waals surface area contributed by atoms with E-state index < -0.39 is 0 Å². The fraction of sp³-hybridized carbons (Fsp3) is 0.455. The van der Waals surface area contributed by atoms with Crippen molar-refractivity contribution in [2.75, 3.05) is 31.3 Å². The highest BCUT2D eigenvalue weighted by atomic mass is 16.7. The van der Waals surface area contributed by atoms with Gasteiger partial charge in [-0.3, -0.25) is 9.63 Å². The van der Waals surface area contributed by atoms with Gasteiger partial charge in [0.1, 0.15) is 0 Å². The van der Waals surface area contributed by atoms with Crippen LogP contribution in [-0.2, 0) is 16.1 Å². The highest BCUT2D eigenvalue weighted by Crippen LogP contribution is 2.25. The van der Waals surface area contributed by atoms with Crippen LogP contribution in [0.25, 0.3) is 0 Å². The molecule has 1 aromatic carbocycles. The van der Waals surface area contributed by atoms with E-state index in [0.29, 0.717) is 24.3 Å². The average Bonchev–Trinajstić information content (AvgIpc) is 2.69. The summed E-state index contributed by atoms with van der Waals surface area (Å²) in [5.74, 6) is 1.37. The molecule has 0 radical (unpaired) electrons. The van der Waals surface area contributed by atoms with E-state index in [1.807, 2.05) is 12.1 Å². The normalized spacial score (nSPS) is 20.4. The molecule has 1 aliphatic heterocycles. The van der Waals surface area contributed by atoms with Gasteiger partial charge in [0.15, 0.2) is 5.82 Å². The second kappa shape index (κ2) is 9.62. The Kier molecular flexibility index (Phi) is 6.96. The number of likely N-dealkylation sites (tertiary alicyclic amines) is 1. The lowest BCUT2D eigenvalue weighted by Crippen LogP contribution is -2.43. The van der Waals surface area contributed by atoms with E-state index in [9.17, 15) is 4.79 Å². The number of aromatic nitrogens is 1. The van der Waals surface area contributed by atoms with Crippen LogP contribution in [0.2, 0.25) is 0 Å². The van der Waals surface area contributed by atoms with Gasteiger partial charge in [-0.05, 0) is 48.9 Å². The van der Waals surface area contributed by atoms with Crippen molar-refractivity contribution in [1.82, 2.24) is 9.88 Å². The number of hydroxylamine groups is 1. The van der Waals surface area contributed by atoms with E-state index in [-0.39, 0.29) is 5.91 Å². The van der Waals surface area contributed by atoms with Crippen molar-refractivity contribution in [1.29, 1.82) is 0 Å². The van der Waals surface area contributed by atoms with Crippen LogP contribution < -0.4 is 5.06 Å². The molecule has 0 N–H and O–H groups in total. The maximum atomic E-state index is 11.9. The molecule has 0 spiro atoms. The topological polar surface area (TPSA) is 45.7 Å². The van der Waals surface area contributed by atoms with Gasteiger partial charge in [-0.25, -0.2) is 4.98 Å². The summed E-state index contributed by atoms with van der Waals surface area (Å²) >= 11 is 0. The smallest absolute Gasteiger partial charge is 0.249 e. The quantitative estimate of drug-likeness (QED) is 0.702. The molecule has 0 unspecified atom stereocenters. The number of piperidine rings is 1. The van der Waals surface area contributed by atoms with Crippen molar-refractivity contribution in [3.63, 3.8) is 0 Å². The van der Waals surface area contributed by atoms with Crippen LogP contribution in [0.5, 0.6) is 0 Å². The number of benzene rings is 1. The maximum Gasteiger partial charge on any atom is 0.249 e. The number of amides is 1. The summed E-state index contributed by atoms with van der Waals surface area (Å²) < 4.78 is 0. The SMILES string of the molecule is CC(=O)N(OC[C@H]1CCN(CCc2ccccc2)C[C@H]1C)c1ccccn1. The Hall–Kier alpha value is -2.24. The minimum atomic E-state index is -0.151. The summed E-state index contributed by atoms with van der Waals surface area (Å²) in [5.41, 5.74) is 1.39. The zero-order valence-electron chi connectivity index (χ0n) is 16.3. The molecule has 27 heavy (non-hydrogen) atoms. The second-order valence-corrected chi connectivity index (χ2v) is 7.36. The number of hydrogen-bond acceptors (Lipinski definition) is 4. The van der Waals surface area contributed by atoms with Gasteiger partial charge in [-0.15, -0.1) is 0 Å². The zero-order valence-corrected chi connectivity index (χ0v) is 16.3. The molecule has 144 valence electrons. The third-order valence-electron chi connectivity index (χ3n) is 5.29. The first-order valence-electron chi connectivity index (χ1n) is 9.74. The minimum absolute atomic E-state index is 0.151. The number of hydrogen-bond donors (Lipinski definition) is 0. The van der Waals surface area contributed by atoms with E-state index in [4.69, 9.17) is 4.84 Å². The van der Waals surface area contributed by atoms with Gasteiger partial charge in [0.2, 0.25) is 5.91 Å². The lowest BCUT2D eigenvalue weighted by atomic mass is 9.87. The summed E-state index contributed by atoms with van der Waals surface area (Å²) in [6.07, 6.45) is 3.85. The third kappa shape index (κ3) is 5.62. The number of nitrogens with zero attached hydrogens (tertiary/aromatic N) is 3. The van der Waals surface area contributed by atoms with Crippen LogP contribution in [0, 0.1) is 11.8 Å². The largest absolute Gasteiger partial charge is 0.303 e. The van der Waals surface area contributed by atoms with Gasteiger partial charge in [0, 0.05) is 26.2 Å². The first-order valence-corrected chi connectivity index (χ1v) is 9.74. The first kappa shape index (κ1) is 19.5. The van der Waals surface area contributed by atoms with Crippen LogP contribution in [0.4, 0.5) is 5.82 Å².